The molecule has 0 radical (unpaired) electrons. The lowest BCUT2D eigenvalue weighted by atomic mass is 10.0. The van der Waals surface area contributed by atoms with Gasteiger partial charge in [-0.25, -0.2) is 4.98 Å². The van der Waals surface area contributed by atoms with E-state index >= 15 is 0 Å². The molecular weight excluding hydrogens is 302 g/mol. The first-order valence-corrected chi connectivity index (χ1v) is 7.75. The maximum atomic E-state index is 12.0. The largest absolute Gasteiger partial charge is 0.364 e. The molecular formula is C14H19N5O2S. The van der Waals surface area contributed by atoms with Crippen molar-refractivity contribution in [1.82, 2.24) is 9.97 Å². The number of nitrogens with two attached hydrogens (primary N) is 2. The number of rotatable bonds is 6. The molecule has 2 amide bonds. The standard InChI is InChI=1S/C14H19N5O2S/c1-7(2)3-9(15)13(21)19-14-18-11(6-22-14)8-4-10(12(16)20)17-5-8/h4-7,9,17H,3,15H2,1-2H3,(H2,16,20)(H,18,19,21)/t9-/m0/s1. The number of primary amides is 1. The van der Waals surface area contributed by atoms with Crippen LogP contribution in [0.1, 0.15) is 30.8 Å². The van der Waals surface area contributed by atoms with E-state index in [1.807, 2.05) is 13.8 Å². The number of anilines is 1. The molecule has 118 valence electrons. The fraction of sp³-hybridized carbons (Fsp3) is 0.357. The van der Waals surface area contributed by atoms with Crippen molar-refractivity contribution in [1.29, 1.82) is 0 Å². The van der Waals surface area contributed by atoms with Crippen molar-refractivity contribution >= 4 is 28.3 Å². The van der Waals surface area contributed by atoms with Gasteiger partial charge in [0.2, 0.25) is 5.91 Å². The zero-order valence-corrected chi connectivity index (χ0v) is 13.2. The lowest BCUT2D eigenvalue weighted by molar-refractivity contribution is -0.117. The third kappa shape index (κ3) is 3.92. The minimum absolute atomic E-state index is 0.249. The number of nitrogens with one attached hydrogen (secondary N) is 2. The predicted molar refractivity (Wildman–Crippen MR) is 86.5 cm³/mol. The van der Waals surface area contributed by atoms with E-state index in [1.165, 1.54) is 11.3 Å². The molecule has 0 saturated carbocycles. The molecule has 0 spiro atoms. The highest BCUT2D eigenvalue weighted by Gasteiger charge is 2.17. The summed E-state index contributed by atoms with van der Waals surface area (Å²) in [4.78, 5) is 30.1. The van der Waals surface area contributed by atoms with Crippen LogP contribution in [-0.2, 0) is 4.79 Å². The first-order valence-electron chi connectivity index (χ1n) is 6.87. The van der Waals surface area contributed by atoms with Crippen molar-refractivity contribution in [2.45, 2.75) is 26.3 Å². The average Bonchev–Trinajstić information content (AvgIpc) is 3.05. The minimum Gasteiger partial charge on any atom is -0.364 e. The van der Waals surface area contributed by atoms with E-state index in [-0.39, 0.29) is 5.91 Å². The Morgan fingerprint density at radius 1 is 1.45 bits per heavy atom. The highest BCUT2D eigenvalue weighted by atomic mass is 32.1. The minimum atomic E-state index is -0.555. The van der Waals surface area contributed by atoms with Gasteiger partial charge in [-0.1, -0.05) is 13.8 Å². The van der Waals surface area contributed by atoms with Crippen LogP contribution >= 0.6 is 11.3 Å². The number of aromatic nitrogens is 2. The molecule has 0 aliphatic rings. The molecule has 6 N–H and O–H groups in total. The quantitative estimate of drug-likeness (QED) is 0.643. The van der Waals surface area contributed by atoms with E-state index in [0.29, 0.717) is 28.9 Å². The molecule has 0 fully saturated rings. The van der Waals surface area contributed by atoms with E-state index in [2.05, 4.69) is 15.3 Å². The fourth-order valence-electron chi connectivity index (χ4n) is 1.96. The Balaban J connectivity index is 2.04. The number of aromatic amines is 1. The number of hydrogen-bond acceptors (Lipinski definition) is 5. The average molecular weight is 321 g/mol. The summed E-state index contributed by atoms with van der Waals surface area (Å²) in [5.41, 5.74) is 12.7. The summed E-state index contributed by atoms with van der Waals surface area (Å²) in [6.07, 6.45) is 2.26. The van der Waals surface area contributed by atoms with E-state index in [4.69, 9.17) is 11.5 Å². The Kier molecular flexibility index (Phi) is 4.94. The lowest BCUT2D eigenvalue weighted by Crippen LogP contribution is -2.36. The summed E-state index contributed by atoms with van der Waals surface area (Å²) < 4.78 is 0. The van der Waals surface area contributed by atoms with Gasteiger partial charge in [-0.05, 0) is 18.4 Å². The van der Waals surface area contributed by atoms with Crippen molar-refractivity contribution < 1.29 is 9.59 Å². The Labute approximate surface area is 132 Å². The SMILES string of the molecule is CC(C)C[C@H](N)C(=O)Nc1nc(-c2c[nH]c(C(N)=O)c2)cs1. The molecule has 0 aliphatic carbocycles. The van der Waals surface area contributed by atoms with Crippen molar-refractivity contribution in [3.8, 4) is 11.3 Å². The second-order valence-corrected chi connectivity index (χ2v) is 6.29. The van der Waals surface area contributed by atoms with Gasteiger partial charge < -0.3 is 21.8 Å². The van der Waals surface area contributed by atoms with Crippen LogP contribution in [0.15, 0.2) is 17.6 Å². The van der Waals surface area contributed by atoms with Gasteiger partial charge in [-0.3, -0.25) is 9.59 Å². The predicted octanol–water partition coefficient (Wildman–Crippen LogP) is 1.55. The van der Waals surface area contributed by atoms with E-state index in [0.717, 1.165) is 5.56 Å². The maximum absolute atomic E-state index is 12.0. The number of H-pyrrole nitrogens is 1. The summed E-state index contributed by atoms with van der Waals surface area (Å²) in [6.45, 7) is 4.02. The van der Waals surface area contributed by atoms with Crippen LogP contribution in [0.5, 0.6) is 0 Å². The second kappa shape index (κ2) is 6.71. The molecule has 2 aromatic rings. The van der Waals surface area contributed by atoms with Gasteiger partial charge in [0.25, 0.3) is 5.91 Å². The molecule has 2 rings (SSSR count). The summed E-state index contributed by atoms with van der Waals surface area (Å²) in [6, 6.07) is 1.06. The van der Waals surface area contributed by atoms with Crippen LogP contribution in [0.4, 0.5) is 5.13 Å². The molecule has 0 unspecified atom stereocenters. The monoisotopic (exact) mass is 321 g/mol. The van der Waals surface area contributed by atoms with Crippen molar-refractivity contribution in [2.24, 2.45) is 17.4 Å². The first-order chi connectivity index (χ1) is 10.4. The topological polar surface area (TPSA) is 127 Å². The van der Waals surface area contributed by atoms with Crippen LogP contribution in [-0.4, -0.2) is 27.8 Å². The highest BCUT2D eigenvalue weighted by molar-refractivity contribution is 7.14. The summed E-state index contributed by atoms with van der Waals surface area (Å²) >= 11 is 1.30. The third-order valence-electron chi connectivity index (χ3n) is 3.04. The van der Waals surface area contributed by atoms with Gasteiger partial charge in [0.1, 0.15) is 5.69 Å². The molecule has 22 heavy (non-hydrogen) atoms. The van der Waals surface area contributed by atoms with Crippen molar-refractivity contribution in [3.05, 3.63) is 23.3 Å². The molecule has 0 aromatic carbocycles. The van der Waals surface area contributed by atoms with Crippen LogP contribution in [0, 0.1) is 5.92 Å². The number of nitrogens with zero attached hydrogens (tertiary/aromatic N) is 1. The molecule has 0 saturated heterocycles. The third-order valence-corrected chi connectivity index (χ3v) is 3.80. The van der Waals surface area contributed by atoms with Crippen LogP contribution in [0.3, 0.4) is 0 Å². The lowest BCUT2D eigenvalue weighted by Gasteiger charge is -2.12. The first kappa shape index (κ1) is 16.2. The van der Waals surface area contributed by atoms with Gasteiger partial charge in [0.15, 0.2) is 5.13 Å². The number of amides is 2. The molecule has 0 aliphatic heterocycles. The van der Waals surface area contributed by atoms with Crippen LogP contribution in [0.2, 0.25) is 0 Å². The van der Waals surface area contributed by atoms with Gasteiger partial charge in [-0.15, -0.1) is 11.3 Å². The molecule has 1 atom stereocenters. The molecule has 8 heteroatoms. The Morgan fingerprint density at radius 3 is 2.77 bits per heavy atom. The molecule has 0 bridgehead atoms. The van der Waals surface area contributed by atoms with Crippen molar-refractivity contribution in [2.75, 3.05) is 5.32 Å². The highest BCUT2D eigenvalue weighted by Crippen LogP contribution is 2.25. The zero-order valence-electron chi connectivity index (χ0n) is 12.4. The number of carbonyl (C=O) groups excluding carboxylic acids is 2. The van der Waals surface area contributed by atoms with Gasteiger partial charge in [0.05, 0.1) is 11.7 Å². The van der Waals surface area contributed by atoms with Gasteiger partial charge in [0, 0.05) is 17.1 Å². The number of thiazole rings is 1. The van der Waals surface area contributed by atoms with Gasteiger partial charge in [-0.2, -0.15) is 0 Å². The molecule has 7 nitrogen and oxygen atoms in total. The second-order valence-electron chi connectivity index (χ2n) is 5.43. The summed E-state index contributed by atoms with van der Waals surface area (Å²) in [7, 11) is 0. The Bertz CT molecular complexity index is 676. The molecule has 2 aromatic heterocycles. The van der Waals surface area contributed by atoms with E-state index in [9.17, 15) is 9.59 Å². The van der Waals surface area contributed by atoms with Crippen LogP contribution < -0.4 is 16.8 Å². The number of hydrogen-bond donors (Lipinski definition) is 4. The molecule has 2 heterocycles. The fourth-order valence-corrected chi connectivity index (χ4v) is 2.68. The van der Waals surface area contributed by atoms with Gasteiger partial charge >= 0.3 is 0 Å². The Hall–Kier alpha value is -2.19. The Morgan fingerprint density at radius 2 is 2.18 bits per heavy atom. The zero-order chi connectivity index (χ0) is 16.3. The van der Waals surface area contributed by atoms with Crippen LogP contribution in [0.25, 0.3) is 11.3 Å². The smallest absolute Gasteiger partial charge is 0.265 e. The van der Waals surface area contributed by atoms with Crippen molar-refractivity contribution in [3.63, 3.8) is 0 Å². The number of carbonyl (C=O) groups is 2. The summed E-state index contributed by atoms with van der Waals surface area (Å²) in [5, 5.41) is 4.97. The summed E-state index contributed by atoms with van der Waals surface area (Å²) in [5.74, 6) is -0.434. The van der Waals surface area contributed by atoms with E-state index in [1.54, 1.807) is 17.6 Å². The normalized spacial score (nSPS) is 12.4. The maximum Gasteiger partial charge on any atom is 0.265 e. The van der Waals surface area contributed by atoms with E-state index < -0.39 is 11.9 Å².